The van der Waals surface area contributed by atoms with Crippen LogP contribution in [0.25, 0.3) is 0 Å². The molecule has 1 aliphatic rings. The van der Waals surface area contributed by atoms with Crippen LogP contribution >= 0.6 is 0 Å². The third kappa shape index (κ3) is 2.46. The molecule has 1 aromatic carbocycles. The molecule has 1 fully saturated rings. The molecule has 3 nitrogen and oxygen atoms in total. The minimum absolute atomic E-state index is 0.125. The van der Waals surface area contributed by atoms with Gasteiger partial charge < -0.3 is 5.32 Å². The number of nitrogens with one attached hydrogen (secondary N) is 1. The number of aromatic nitrogens is 2. The van der Waals surface area contributed by atoms with Crippen molar-refractivity contribution in [2.75, 3.05) is 7.05 Å². The van der Waals surface area contributed by atoms with Crippen LogP contribution in [0.1, 0.15) is 53.7 Å². The smallest absolute Gasteiger partial charge is 0.0801 e. The summed E-state index contributed by atoms with van der Waals surface area (Å²) in [6.07, 6.45) is 7.70. The topological polar surface area (TPSA) is 37.8 Å². The van der Waals surface area contributed by atoms with E-state index in [2.05, 4.69) is 39.6 Å². The Bertz CT molecular complexity index is 573. The van der Waals surface area contributed by atoms with E-state index in [-0.39, 0.29) is 6.04 Å². The van der Waals surface area contributed by atoms with Gasteiger partial charge in [-0.25, -0.2) is 0 Å². The van der Waals surface area contributed by atoms with Crippen molar-refractivity contribution in [2.45, 2.75) is 38.1 Å². The van der Waals surface area contributed by atoms with Crippen molar-refractivity contribution in [3.8, 4) is 0 Å². The van der Waals surface area contributed by atoms with E-state index >= 15 is 0 Å². The molecule has 0 bridgehead atoms. The molecular formula is C17H21N3. The Balaban J connectivity index is 1.98. The van der Waals surface area contributed by atoms with Gasteiger partial charge in [-0.1, -0.05) is 30.7 Å². The van der Waals surface area contributed by atoms with Crippen LogP contribution in [0.4, 0.5) is 0 Å². The van der Waals surface area contributed by atoms with Crippen molar-refractivity contribution in [2.24, 2.45) is 0 Å². The third-order valence-electron chi connectivity index (χ3n) is 4.24. The zero-order valence-corrected chi connectivity index (χ0v) is 12.1. The van der Waals surface area contributed by atoms with Crippen LogP contribution in [-0.2, 0) is 0 Å². The summed E-state index contributed by atoms with van der Waals surface area (Å²) in [5.74, 6) is 0.723. The molecule has 1 heterocycles. The van der Waals surface area contributed by atoms with E-state index < -0.39 is 0 Å². The lowest BCUT2D eigenvalue weighted by Gasteiger charge is -2.30. The molecule has 0 radical (unpaired) electrons. The van der Waals surface area contributed by atoms with Gasteiger partial charge in [0.05, 0.1) is 23.6 Å². The molecule has 1 atom stereocenters. The lowest BCUT2D eigenvalue weighted by Crippen LogP contribution is -2.22. The Hall–Kier alpha value is -1.74. The first-order valence-electron chi connectivity index (χ1n) is 7.34. The highest BCUT2D eigenvalue weighted by molar-refractivity contribution is 5.37. The molecular weight excluding hydrogens is 246 g/mol. The summed E-state index contributed by atoms with van der Waals surface area (Å²) in [6, 6.07) is 8.87. The van der Waals surface area contributed by atoms with Crippen LogP contribution in [-0.4, -0.2) is 17.0 Å². The van der Waals surface area contributed by atoms with Crippen molar-refractivity contribution in [3.05, 3.63) is 59.2 Å². The quantitative estimate of drug-likeness (QED) is 0.923. The van der Waals surface area contributed by atoms with Gasteiger partial charge in [-0.15, -0.1) is 0 Å². The summed E-state index contributed by atoms with van der Waals surface area (Å²) < 4.78 is 0. The summed E-state index contributed by atoms with van der Waals surface area (Å²) in [5, 5.41) is 3.40. The molecule has 1 unspecified atom stereocenters. The number of benzene rings is 1. The maximum Gasteiger partial charge on any atom is 0.0801 e. The first-order chi connectivity index (χ1) is 9.79. The molecule has 0 amide bonds. The predicted octanol–water partition coefficient (Wildman–Crippen LogP) is 3.36. The molecule has 0 aliphatic heterocycles. The molecule has 2 aromatic rings. The minimum atomic E-state index is 0.125. The maximum absolute atomic E-state index is 4.55. The number of hydrogen-bond donors (Lipinski definition) is 1. The molecule has 1 aliphatic carbocycles. The number of hydrogen-bond acceptors (Lipinski definition) is 3. The van der Waals surface area contributed by atoms with Gasteiger partial charge in [0, 0.05) is 6.20 Å². The monoisotopic (exact) mass is 267 g/mol. The number of nitrogens with zero attached hydrogens (tertiary/aromatic N) is 2. The van der Waals surface area contributed by atoms with Crippen LogP contribution in [0.15, 0.2) is 36.7 Å². The summed E-state index contributed by atoms with van der Waals surface area (Å²) in [4.78, 5) is 8.92. The van der Waals surface area contributed by atoms with Gasteiger partial charge in [0.15, 0.2) is 0 Å². The molecule has 1 saturated carbocycles. The first-order valence-corrected chi connectivity index (χ1v) is 7.34. The second kappa shape index (κ2) is 5.71. The van der Waals surface area contributed by atoms with Gasteiger partial charge >= 0.3 is 0 Å². The molecule has 3 heteroatoms. The largest absolute Gasteiger partial charge is 0.308 e. The van der Waals surface area contributed by atoms with Crippen LogP contribution in [0.3, 0.4) is 0 Å². The van der Waals surface area contributed by atoms with Crippen LogP contribution in [0, 0.1) is 6.92 Å². The van der Waals surface area contributed by atoms with Crippen molar-refractivity contribution >= 4 is 0 Å². The second-order valence-electron chi connectivity index (χ2n) is 5.56. The third-order valence-corrected chi connectivity index (χ3v) is 4.24. The maximum atomic E-state index is 4.55. The molecule has 20 heavy (non-hydrogen) atoms. The van der Waals surface area contributed by atoms with Gasteiger partial charge in [0.1, 0.15) is 0 Å². The van der Waals surface area contributed by atoms with Gasteiger partial charge in [0.2, 0.25) is 0 Å². The SMILES string of the molecule is CNC(c1cnc(C)cn1)c1ccccc1C1CCC1. The molecule has 1 N–H and O–H groups in total. The fraction of sp³-hybridized carbons (Fsp3) is 0.412. The Morgan fingerprint density at radius 3 is 2.55 bits per heavy atom. The van der Waals surface area contributed by atoms with E-state index in [1.54, 1.807) is 0 Å². The van der Waals surface area contributed by atoms with Crippen molar-refractivity contribution in [3.63, 3.8) is 0 Å². The Labute approximate surface area is 120 Å². The standard InChI is InChI=1S/C17H21N3/c1-12-10-20-16(11-19-12)17(18-2)15-9-4-3-8-14(15)13-6-5-7-13/h3-4,8-11,13,17-18H,5-7H2,1-2H3. The number of rotatable bonds is 4. The van der Waals surface area contributed by atoms with Crippen LogP contribution < -0.4 is 5.32 Å². The van der Waals surface area contributed by atoms with E-state index in [4.69, 9.17) is 0 Å². The summed E-state index contributed by atoms with van der Waals surface area (Å²) >= 11 is 0. The van der Waals surface area contributed by atoms with E-state index in [0.29, 0.717) is 0 Å². The minimum Gasteiger partial charge on any atom is -0.308 e. The molecule has 1 aromatic heterocycles. The molecule has 0 spiro atoms. The van der Waals surface area contributed by atoms with Crippen LogP contribution in [0.5, 0.6) is 0 Å². The zero-order chi connectivity index (χ0) is 13.9. The highest BCUT2D eigenvalue weighted by Crippen LogP contribution is 2.40. The predicted molar refractivity (Wildman–Crippen MR) is 80.7 cm³/mol. The lowest BCUT2D eigenvalue weighted by molar-refractivity contribution is 0.414. The average molecular weight is 267 g/mol. The summed E-state index contributed by atoms with van der Waals surface area (Å²) in [5.41, 5.74) is 4.76. The normalized spacial score (nSPS) is 16.7. The Morgan fingerprint density at radius 1 is 1.15 bits per heavy atom. The van der Waals surface area contributed by atoms with Gasteiger partial charge in [0.25, 0.3) is 0 Å². The Kier molecular flexibility index (Phi) is 3.79. The van der Waals surface area contributed by atoms with Gasteiger partial charge in [-0.2, -0.15) is 0 Å². The van der Waals surface area contributed by atoms with E-state index in [0.717, 1.165) is 17.3 Å². The lowest BCUT2D eigenvalue weighted by atomic mass is 9.77. The van der Waals surface area contributed by atoms with E-state index in [1.807, 2.05) is 26.4 Å². The van der Waals surface area contributed by atoms with Crippen molar-refractivity contribution in [1.29, 1.82) is 0 Å². The zero-order valence-electron chi connectivity index (χ0n) is 12.1. The van der Waals surface area contributed by atoms with Crippen LogP contribution in [0.2, 0.25) is 0 Å². The first kappa shape index (κ1) is 13.3. The van der Waals surface area contributed by atoms with Crippen molar-refractivity contribution < 1.29 is 0 Å². The van der Waals surface area contributed by atoms with E-state index in [1.165, 1.54) is 30.4 Å². The van der Waals surface area contributed by atoms with Crippen molar-refractivity contribution in [1.82, 2.24) is 15.3 Å². The summed E-state index contributed by atoms with van der Waals surface area (Å²) in [7, 11) is 1.99. The fourth-order valence-electron chi connectivity index (χ4n) is 2.88. The molecule has 3 rings (SSSR count). The Morgan fingerprint density at radius 2 is 1.95 bits per heavy atom. The van der Waals surface area contributed by atoms with E-state index in [9.17, 15) is 0 Å². The molecule has 0 saturated heterocycles. The van der Waals surface area contributed by atoms with Gasteiger partial charge in [-0.3, -0.25) is 9.97 Å². The second-order valence-corrected chi connectivity index (χ2v) is 5.56. The highest BCUT2D eigenvalue weighted by atomic mass is 14.9. The highest BCUT2D eigenvalue weighted by Gasteiger charge is 2.25. The fourth-order valence-corrected chi connectivity index (χ4v) is 2.88. The number of aryl methyl sites for hydroxylation is 1. The average Bonchev–Trinajstić information content (AvgIpc) is 2.41. The van der Waals surface area contributed by atoms with Gasteiger partial charge in [-0.05, 0) is 43.9 Å². The molecule has 104 valence electrons. The summed E-state index contributed by atoms with van der Waals surface area (Å²) in [6.45, 7) is 1.97.